The van der Waals surface area contributed by atoms with Crippen molar-refractivity contribution < 1.29 is 4.79 Å². The molecule has 0 spiro atoms. The summed E-state index contributed by atoms with van der Waals surface area (Å²) in [5.41, 5.74) is 4.55. The monoisotopic (exact) mass is 490 g/mol. The van der Waals surface area contributed by atoms with E-state index in [1.165, 1.54) is 0 Å². The van der Waals surface area contributed by atoms with Crippen LogP contribution in [0.4, 0.5) is 11.5 Å². The standard InChI is InChI=1S/C27H24Cl2N4O/c1-16(14-26(34)18-5-7-19(28)8-6-18)22-11-12-25-24(32-22)4-3-13-33(25)27-21-15-20(29)9-10-23(21)30-17(2)31-27/h5-12,15-16H,3-4,13-14H2,1-2H3. The first-order valence-corrected chi connectivity index (χ1v) is 12.1. The maximum absolute atomic E-state index is 12.7. The summed E-state index contributed by atoms with van der Waals surface area (Å²) in [6.45, 7) is 4.80. The van der Waals surface area contributed by atoms with Crippen LogP contribution < -0.4 is 4.90 Å². The lowest BCUT2D eigenvalue weighted by atomic mass is 9.95. The molecule has 1 aliphatic rings. The number of aryl methyl sites for hydroxylation is 2. The maximum atomic E-state index is 12.7. The smallest absolute Gasteiger partial charge is 0.163 e. The number of benzene rings is 2. The molecule has 1 atom stereocenters. The Hall–Kier alpha value is -3.02. The highest BCUT2D eigenvalue weighted by Crippen LogP contribution is 2.37. The molecule has 1 aliphatic heterocycles. The van der Waals surface area contributed by atoms with Crippen molar-refractivity contribution in [3.8, 4) is 0 Å². The number of pyridine rings is 1. The van der Waals surface area contributed by atoms with Crippen LogP contribution in [0.2, 0.25) is 10.0 Å². The predicted molar refractivity (Wildman–Crippen MR) is 138 cm³/mol. The Labute approximate surface area is 208 Å². The van der Waals surface area contributed by atoms with Crippen molar-refractivity contribution in [1.82, 2.24) is 15.0 Å². The summed E-state index contributed by atoms with van der Waals surface area (Å²) in [6, 6.07) is 16.9. The summed E-state index contributed by atoms with van der Waals surface area (Å²) in [5, 5.41) is 2.21. The Morgan fingerprint density at radius 1 is 1.00 bits per heavy atom. The van der Waals surface area contributed by atoms with Gasteiger partial charge in [0.15, 0.2) is 5.78 Å². The lowest BCUT2D eigenvalue weighted by molar-refractivity contribution is 0.0975. The lowest BCUT2D eigenvalue weighted by Gasteiger charge is -2.31. The maximum Gasteiger partial charge on any atom is 0.163 e. The van der Waals surface area contributed by atoms with E-state index < -0.39 is 0 Å². The fourth-order valence-electron chi connectivity index (χ4n) is 4.50. The van der Waals surface area contributed by atoms with E-state index in [9.17, 15) is 4.79 Å². The number of hydrogen-bond donors (Lipinski definition) is 0. The summed E-state index contributed by atoms with van der Waals surface area (Å²) >= 11 is 12.2. The number of anilines is 2. The number of carbonyl (C=O) groups is 1. The molecular formula is C27H24Cl2N4O. The van der Waals surface area contributed by atoms with E-state index in [0.717, 1.165) is 59.0 Å². The van der Waals surface area contributed by atoms with E-state index in [2.05, 4.69) is 16.0 Å². The summed E-state index contributed by atoms with van der Waals surface area (Å²) < 4.78 is 0. The second kappa shape index (κ2) is 9.32. The highest BCUT2D eigenvalue weighted by atomic mass is 35.5. The highest BCUT2D eigenvalue weighted by molar-refractivity contribution is 6.31. The summed E-state index contributed by atoms with van der Waals surface area (Å²) in [4.78, 5) is 29.3. The van der Waals surface area contributed by atoms with Gasteiger partial charge in [-0.2, -0.15) is 0 Å². The molecule has 0 saturated heterocycles. The molecule has 1 unspecified atom stereocenters. The molecule has 34 heavy (non-hydrogen) atoms. The first kappa shape index (κ1) is 22.8. The zero-order valence-corrected chi connectivity index (χ0v) is 20.6. The summed E-state index contributed by atoms with van der Waals surface area (Å²) in [7, 11) is 0. The van der Waals surface area contributed by atoms with Crippen LogP contribution in [0.25, 0.3) is 10.9 Å². The number of rotatable bonds is 5. The van der Waals surface area contributed by atoms with Gasteiger partial charge in [0, 0.05) is 45.6 Å². The van der Waals surface area contributed by atoms with Crippen molar-refractivity contribution in [2.24, 2.45) is 0 Å². The molecular weight excluding hydrogens is 467 g/mol. The van der Waals surface area contributed by atoms with Crippen LogP contribution >= 0.6 is 23.2 Å². The molecule has 5 rings (SSSR count). The fourth-order valence-corrected chi connectivity index (χ4v) is 4.80. The number of halogens is 2. The Bertz CT molecular complexity index is 1390. The highest BCUT2D eigenvalue weighted by Gasteiger charge is 2.24. The van der Waals surface area contributed by atoms with E-state index >= 15 is 0 Å². The second-order valence-corrected chi connectivity index (χ2v) is 9.62. The quantitative estimate of drug-likeness (QED) is 0.279. The SMILES string of the molecule is Cc1nc(N2CCCc3nc(C(C)CC(=O)c4ccc(Cl)cc4)ccc32)c2cc(Cl)ccc2n1. The first-order chi connectivity index (χ1) is 16.4. The van der Waals surface area contributed by atoms with Crippen LogP contribution in [0.1, 0.15) is 53.3 Å². The van der Waals surface area contributed by atoms with Gasteiger partial charge < -0.3 is 4.90 Å². The number of fused-ring (bicyclic) bond motifs is 2. The molecule has 0 bridgehead atoms. The molecule has 0 saturated carbocycles. The number of aromatic nitrogens is 3. The molecule has 172 valence electrons. The minimum atomic E-state index is 0.00443. The molecule has 0 amide bonds. The van der Waals surface area contributed by atoms with Crippen LogP contribution in [-0.2, 0) is 6.42 Å². The number of nitrogens with zero attached hydrogens (tertiary/aromatic N) is 4. The average molecular weight is 491 g/mol. The molecule has 0 fully saturated rings. The van der Waals surface area contributed by atoms with Crippen molar-refractivity contribution in [1.29, 1.82) is 0 Å². The fraction of sp³-hybridized carbons (Fsp3) is 0.259. The van der Waals surface area contributed by atoms with Crippen LogP contribution in [0.5, 0.6) is 0 Å². The van der Waals surface area contributed by atoms with Gasteiger partial charge in [0.05, 0.1) is 16.9 Å². The lowest BCUT2D eigenvalue weighted by Crippen LogP contribution is -2.27. The molecule has 0 aliphatic carbocycles. The van der Waals surface area contributed by atoms with Gasteiger partial charge in [-0.25, -0.2) is 9.97 Å². The number of carbonyl (C=O) groups excluding carboxylic acids is 1. The number of ketones is 1. The van der Waals surface area contributed by atoms with E-state index in [1.807, 2.05) is 38.1 Å². The van der Waals surface area contributed by atoms with E-state index in [4.69, 9.17) is 33.2 Å². The molecule has 4 aromatic rings. The first-order valence-electron chi connectivity index (χ1n) is 11.4. The van der Waals surface area contributed by atoms with Gasteiger partial charge in [-0.15, -0.1) is 0 Å². The van der Waals surface area contributed by atoms with Crippen molar-refractivity contribution >= 4 is 51.4 Å². The van der Waals surface area contributed by atoms with Gasteiger partial charge in [0.1, 0.15) is 11.6 Å². The summed E-state index contributed by atoms with van der Waals surface area (Å²) in [5.74, 6) is 1.66. The largest absolute Gasteiger partial charge is 0.324 e. The molecule has 2 aromatic carbocycles. The molecule has 0 radical (unpaired) electrons. The minimum absolute atomic E-state index is 0.00443. The third-order valence-corrected chi connectivity index (χ3v) is 6.71. The third kappa shape index (κ3) is 4.50. The van der Waals surface area contributed by atoms with Gasteiger partial charge in [-0.1, -0.05) is 30.1 Å². The second-order valence-electron chi connectivity index (χ2n) is 8.75. The van der Waals surface area contributed by atoms with Gasteiger partial charge in [-0.3, -0.25) is 9.78 Å². The van der Waals surface area contributed by atoms with E-state index in [1.54, 1.807) is 24.3 Å². The van der Waals surface area contributed by atoms with E-state index in [0.29, 0.717) is 22.0 Å². The molecule has 7 heteroatoms. The van der Waals surface area contributed by atoms with Crippen molar-refractivity contribution in [3.05, 3.63) is 87.4 Å². The van der Waals surface area contributed by atoms with Crippen molar-refractivity contribution in [2.75, 3.05) is 11.4 Å². The van der Waals surface area contributed by atoms with Crippen LogP contribution in [0.15, 0.2) is 54.6 Å². The number of Topliss-reactive ketones (excluding diaryl/α,β-unsaturated/α-hetero) is 1. The Morgan fingerprint density at radius 2 is 1.76 bits per heavy atom. The van der Waals surface area contributed by atoms with Gasteiger partial charge in [0.2, 0.25) is 0 Å². The molecule has 5 nitrogen and oxygen atoms in total. The Morgan fingerprint density at radius 3 is 2.56 bits per heavy atom. The molecule has 2 aromatic heterocycles. The third-order valence-electron chi connectivity index (χ3n) is 6.23. The van der Waals surface area contributed by atoms with Crippen molar-refractivity contribution in [3.63, 3.8) is 0 Å². The van der Waals surface area contributed by atoms with Crippen LogP contribution in [0.3, 0.4) is 0 Å². The summed E-state index contributed by atoms with van der Waals surface area (Å²) in [6.07, 6.45) is 2.25. The van der Waals surface area contributed by atoms with Gasteiger partial charge >= 0.3 is 0 Å². The predicted octanol–water partition coefficient (Wildman–Crippen LogP) is 7.10. The van der Waals surface area contributed by atoms with Gasteiger partial charge in [-0.05, 0) is 74.4 Å². The molecule has 3 heterocycles. The zero-order chi connectivity index (χ0) is 23.8. The molecule has 0 N–H and O–H groups in total. The normalized spacial score (nSPS) is 14.2. The number of hydrogen-bond acceptors (Lipinski definition) is 5. The minimum Gasteiger partial charge on any atom is -0.324 e. The Balaban J connectivity index is 1.45. The topological polar surface area (TPSA) is 59.0 Å². The van der Waals surface area contributed by atoms with E-state index in [-0.39, 0.29) is 11.7 Å². The Kier molecular flexibility index (Phi) is 6.24. The van der Waals surface area contributed by atoms with Crippen molar-refractivity contribution in [2.45, 2.75) is 39.0 Å². The zero-order valence-electron chi connectivity index (χ0n) is 19.1. The van der Waals surface area contributed by atoms with Gasteiger partial charge in [0.25, 0.3) is 0 Å². The average Bonchev–Trinajstić information content (AvgIpc) is 2.83. The van der Waals surface area contributed by atoms with Crippen LogP contribution in [-0.4, -0.2) is 27.3 Å². The van der Waals surface area contributed by atoms with Crippen LogP contribution in [0, 0.1) is 6.92 Å².